The molecular formula is C13H20O5. The lowest BCUT2D eigenvalue weighted by molar-refractivity contribution is -0.175. The van der Waals surface area contributed by atoms with Gasteiger partial charge in [-0.1, -0.05) is 5.92 Å². The van der Waals surface area contributed by atoms with E-state index in [1.54, 1.807) is 13.8 Å². The van der Waals surface area contributed by atoms with E-state index in [4.69, 9.17) is 25.4 Å². The maximum Gasteiger partial charge on any atom is 0.164 e. The Morgan fingerprint density at radius 3 is 2.33 bits per heavy atom. The van der Waals surface area contributed by atoms with E-state index < -0.39 is 29.9 Å². The first-order chi connectivity index (χ1) is 8.24. The smallest absolute Gasteiger partial charge is 0.164 e. The number of terminal acetylenes is 1. The number of aliphatic hydroxyl groups excluding tert-OH is 1. The minimum Gasteiger partial charge on any atom is -0.378 e. The lowest BCUT2D eigenvalue weighted by Gasteiger charge is -2.24. The van der Waals surface area contributed by atoms with Crippen LogP contribution in [0.3, 0.4) is 0 Å². The molecule has 102 valence electrons. The van der Waals surface area contributed by atoms with Gasteiger partial charge in [0, 0.05) is 0 Å². The Balaban J connectivity index is 2.13. The number of rotatable bonds is 2. The average molecular weight is 256 g/mol. The Labute approximate surface area is 107 Å². The summed E-state index contributed by atoms with van der Waals surface area (Å²) in [7, 11) is 0. The Bertz CT molecular complexity index is 357. The maximum atomic E-state index is 9.81. The molecule has 2 aliphatic heterocycles. The molecule has 0 radical (unpaired) electrons. The highest BCUT2D eigenvalue weighted by molar-refractivity contribution is 5.04. The van der Waals surface area contributed by atoms with Crippen LogP contribution in [-0.2, 0) is 18.9 Å². The molecule has 0 aromatic heterocycles. The van der Waals surface area contributed by atoms with Crippen molar-refractivity contribution in [1.29, 1.82) is 0 Å². The Kier molecular flexibility index (Phi) is 3.43. The molecule has 5 heteroatoms. The van der Waals surface area contributed by atoms with Crippen molar-refractivity contribution in [3.05, 3.63) is 0 Å². The Hall–Kier alpha value is -0.640. The highest BCUT2D eigenvalue weighted by Crippen LogP contribution is 2.36. The third-order valence-electron chi connectivity index (χ3n) is 3.04. The zero-order chi connectivity index (χ0) is 13.6. The summed E-state index contributed by atoms with van der Waals surface area (Å²) in [5, 5.41) is 9.81. The third-order valence-corrected chi connectivity index (χ3v) is 3.04. The first kappa shape index (κ1) is 13.8. The molecule has 2 heterocycles. The predicted molar refractivity (Wildman–Crippen MR) is 63.6 cm³/mol. The summed E-state index contributed by atoms with van der Waals surface area (Å²) < 4.78 is 22.7. The highest BCUT2D eigenvalue weighted by Gasteiger charge is 2.51. The van der Waals surface area contributed by atoms with Crippen LogP contribution < -0.4 is 0 Å². The minimum atomic E-state index is -1.02. The van der Waals surface area contributed by atoms with Crippen LogP contribution in [0.2, 0.25) is 0 Å². The lowest BCUT2D eigenvalue weighted by atomic mass is 10.0. The molecular weight excluding hydrogens is 236 g/mol. The first-order valence-electron chi connectivity index (χ1n) is 6.06. The van der Waals surface area contributed by atoms with E-state index in [0.29, 0.717) is 6.61 Å². The minimum absolute atomic E-state index is 0.297. The summed E-state index contributed by atoms with van der Waals surface area (Å²) in [6, 6.07) is 0. The average Bonchev–Trinajstić information content (AvgIpc) is 2.77. The van der Waals surface area contributed by atoms with Gasteiger partial charge >= 0.3 is 0 Å². The molecule has 0 bridgehead atoms. The molecule has 2 aliphatic rings. The second kappa shape index (κ2) is 4.48. The van der Waals surface area contributed by atoms with Crippen molar-refractivity contribution in [2.75, 3.05) is 6.61 Å². The van der Waals surface area contributed by atoms with E-state index in [-0.39, 0.29) is 6.10 Å². The normalized spacial score (nSPS) is 39.4. The summed E-state index contributed by atoms with van der Waals surface area (Å²) in [6.45, 7) is 7.63. The zero-order valence-corrected chi connectivity index (χ0v) is 11.2. The molecule has 0 aromatic rings. The zero-order valence-electron chi connectivity index (χ0n) is 11.2. The van der Waals surface area contributed by atoms with Gasteiger partial charge in [-0.2, -0.15) is 0 Å². The molecule has 2 saturated heterocycles. The van der Waals surface area contributed by atoms with Crippen LogP contribution in [0, 0.1) is 12.3 Å². The van der Waals surface area contributed by atoms with Crippen LogP contribution in [0.5, 0.6) is 0 Å². The second-order valence-corrected chi connectivity index (χ2v) is 5.54. The van der Waals surface area contributed by atoms with Crippen molar-refractivity contribution in [3.63, 3.8) is 0 Å². The molecule has 4 unspecified atom stereocenters. The summed E-state index contributed by atoms with van der Waals surface area (Å²) in [4.78, 5) is 0. The monoisotopic (exact) mass is 256 g/mol. The first-order valence-corrected chi connectivity index (χ1v) is 6.06. The fourth-order valence-corrected chi connectivity index (χ4v) is 2.32. The van der Waals surface area contributed by atoms with Gasteiger partial charge in [0.15, 0.2) is 11.6 Å². The van der Waals surface area contributed by atoms with E-state index in [0.717, 1.165) is 0 Å². The lowest BCUT2D eigenvalue weighted by Crippen LogP contribution is -2.43. The molecule has 5 nitrogen and oxygen atoms in total. The molecule has 0 amide bonds. The summed E-state index contributed by atoms with van der Waals surface area (Å²) in [6.07, 6.45) is 2.89. The van der Waals surface area contributed by atoms with Crippen molar-refractivity contribution in [3.8, 4) is 12.3 Å². The van der Waals surface area contributed by atoms with Gasteiger partial charge in [0.05, 0.1) is 6.61 Å². The van der Waals surface area contributed by atoms with Gasteiger partial charge in [-0.25, -0.2) is 0 Å². The van der Waals surface area contributed by atoms with Crippen molar-refractivity contribution >= 4 is 0 Å². The van der Waals surface area contributed by atoms with Crippen molar-refractivity contribution < 1.29 is 24.1 Å². The van der Waals surface area contributed by atoms with Gasteiger partial charge in [-0.3, -0.25) is 0 Å². The maximum absolute atomic E-state index is 9.81. The van der Waals surface area contributed by atoms with Gasteiger partial charge < -0.3 is 24.1 Å². The van der Waals surface area contributed by atoms with Crippen LogP contribution >= 0.6 is 0 Å². The SMILES string of the molecule is C#CC(O)C1OC(C)(C)OC1C1COC(C)(C)O1. The number of hydrogen-bond donors (Lipinski definition) is 1. The van der Waals surface area contributed by atoms with E-state index in [1.807, 2.05) is 13.8 Å². The standard InChI is InChI=1S/C13H20O5/c1-6-8(14)10-11(18-13(4,5)17-10)9-7-15-12(2,3)16-9/h1,8-11,14H,7H2,2-5H3. The number of ether oxygens (including phenoxy) is 4. The molecule has 1 N–H and O–H groups in total. The quantitative estimate of drug-likeness (QED) is 0.735. The topological polar surface area (TPSA) is 57.2 Å². The Morgan fingerprint density at radius 1 is 1.17 bits per heavy atom. The summed E-state index contributed by atoms with van der Waals surface area (Å²) >= 11 is 0. The van der Waals surface area contributed by atoms with Crippen LogP contribution in [0.1, 0.15) is 27.7 Å². The van der Waals surface area contributed by atoms with Crippen molar-refractivity contribution in [2.24, 2.45) is 0 Å². The highest BCUT2D eigenvalue weighted by atomic mass is 16.8. The summed E-state index contributed by atoms with van der Waals surface area (Å²) in [5.41, 5.74) is 0. The predicted octanol–water partition coefficient (Wildman–Crippen LogP) is 0.652. The number of hydrogen-bond acceptors (Lipinski definition) is 5. The Morgan fingerprint density at radius 2 is 1.83 bits per heavy atom. The molecule has 4 atom stereocenters. The molecule has 2 fully saturated rings. The van der Waals surface area contributed by atoms with E-state index in [2.05, 4.69) is 5.92 Å². The van der Waals surface area contributed by atoms with Gasteiger partial charge in [0.2, 0.25) is 0 Å². The van der Waals surface area contributed by atoms with E-state index in [1.165, 1.54) is 0 Å². The fraction of sp³-hybridized carbons (Fsp3) is 0.846. The van der Waals surface area contributed by atoms with Crippen molar-refractivity contribution in [2.45, 2.75) is 63.7 Å². The molecule has 0 aliphatic carbocycles. The molecule has 18 heavy (non-hydrogen) atoms. The van der Waals surface area contributed by atoms with Gasteiger partial charge in [-0.05, 0) is 27.7 Å². The van der Waals surface area contributed by atoms with Crippen LogP contribution in [0.15, 0.2) is 0 Å². The van der Waals surface area contributed by atoms with Crippen molar-refractivity contribution in [1.82, 2.24) is 0 Å². The largest absolute Gasteiger partial charge is 0.378 e. The van der Waals surface area contributed by atoms with Crippen LogP contribution in [0.4, 0.5) is 0 Å². The van der Waals surface area contributed by atoms with E-state index >= 15 is 0 Å². The van der Waals surface area contributed by atoms with Crippen LogP contribution in [-0.4, -0.2) is 47.7 Å². The van der Waals surface area contributed by atoms with E-state index in [9.17, 15) is 5.11 Å². The van der Waals surface area contributed by atoms with Gasteiger partial charge in [0.25, 0.3) is 0 Å². The second-order valence-electron chi connectivity index (χ2n) is 5.54. The molecule has 0 saturated carbocycles. The summed E-state index contributed by atoms with van der Waals surface area (Å²) in [5.74, 6) is 0.838. The van der Waals surface area contributed by atoms with Gasteiger partial charge in [0.1, 0.15) is 24.4 Å². The molecule has 0 spiro atoms. The fourth-order valence-electron chi connectivity index (χ4n) is 2.32. The molecule has 2 rings (SSSR count). The van der Waals surface area contributed by atoms with Crippen LogP contribution in [0.25, 0.3) is 0 Å². The van der Waals surface area contributed by atoms with Gasteiger partial charge in [-0.15, -0.1) is 6.42 Å². The third kappa shape index (κ3) is 2.68. The number of aliphatic hydroxyl groups is 1. The molecule has 0 aromatic carbocycles.